The third kappa shape index (κ3) is 3.99. The summed E-state index contributed by atoms with van der Waals surface area (Å²) in [6.45, 7) is 0. The summed E-state index contributed by atoms with van der Waals surface area (Å²) < 4.78 is 44.3. The molecular formula is C13H5Cl3F3NO3. The second-order valence-corrected chi connectivity index (χ2v) is 5.46. The Balaban J connectivity index is 2.52. The molecule has 2 aromatic rings. The Morgan fingerprint density at radius 1 is 0.957 bits per heavy atom. The average molecular weight is 387 g/mol. The van der Waals surface area contributed by atoms with Gasteiger partial charge < -0.3 is 4.74 Å². The van der Waals surface area contributed by atoms with Crippen LogP contribution in [0.1, 0.15) is 5.56 Å². The highest BCUT2D eigenvalue weighted by Crippen LogP contribution is 2.42. The summed E-state index contributed by atoms with van der Waals surface area (Å²) in [5, 5.41) is 10.7. The summed E-state index contributed by atoms with van der Waals surface area (Å²) >= 11 is 17.3. The van der Waals surface area contributed by atoms with Gasteiger partial charge in [-0.3, -0.25) is 10.1 Å². The van der Waals surface area contributed by atoms with E-state index in [-0.39, 0.29) is 20.8 Å². The van der Waals surface area contributed by atoms with Crippen molar-refractivity contribution < 1.29 is 22.8 Å². The summed E-state index contributed by atoms with van der Waals surface area (Å²) in [5.41, 5.74) is -2.03. The highest BCUT2D eigenvalue weighted by Gasteiger charge is 2.36. The lowest BCUT2D eigenvalue weighted by molar-refractivity contribution is -0.385. The van der Waals surface area contributed by atoms with Crippen molar-refractivity contribution >= 4 is 40.5 Å². The minimum absolute atomic E-state index is 0.0292. The summed E-state index contributed by atoms with van der Waals surface area (Å²) in [7, 11) is 0. The van der Waals surface area contributed by atoms with Crippen LogP contribution in [0.4, 0.5) is 18.9 Å². The van der Waals surface area contributed by atoms with Crippen LogP contribution >= 0.6 is 34.8 Å². The molecule has 122 valence electrons. The van der Waals surface area contributed by atoms with Crippen LogP contribution in [0.5, 0.6) is 11.5 Å². The fraction of sp³-hybridized carbons (Fsp3) is 0.0769. The fourth-order valence-corrected chi connectivity index (χ4v) is 2.22. The zero-order valence-corrected chi connectivity index (χ0v) is 13.1. The Labute approximate surface area is 142 Å². The molecule has 0 N–H and O–H groups in total. The van der Waals surface area contributed by atoms with E-state index >= 15 is 0 Å². The molecule has 0 aliphatic heterocycles. The van der Waals surface area contributed by atoms with E-state index in [2.05, 4.69) is 0 Å². The highest BCUT2D eigenvalue weighted by atomic mass is 35.5. The largest absolute Gasteiger partial charge is 0.455 e. The topological polar surface area (TPSA) is 52.4 Å². The molecule has 0 spiro atoms. The van der Waals surface area contributed by atoms with E-state index in [4.69, 9.17) is 39.5 Å². The molecule has 0 fully saturated rings. The maximum atomic E-state index is 13.1. The first-order valence-electron chi connectivity index (χ1n) is 5.77. The number of nitrogens with zero attached hydrogens (tertiary/aromatic N) is 1. The molecule has 4 nitrogen and oxygen atoms in total. The van der Waals surface area contributed by atoms with E-state index < -0.39 is 28.1 Å². The number of non-ortho nitro benzene ring substituents is 1. The van der Waals surface area contributed by atoms with Gasteiger partial charge in [-0.25, -0.2) is 0 Å². The van der Waals surface area contributed by atoms with Crippen molar-refractivity contribution in [3.05, 3.63) is 61.1 Å². The Morgan fingerprint density at radius 3 is 2.13 bits per heavy atom. The molecule has 0 amide bonds. The van der Waals surface area contributed by atoms with Crippen molar-refractivity contribution in [2.45, 2.75) is 6.18 Å². The number of rotatable bonds is 3. The van der Waals surface area contributed by atoms with Crippen LogP contribution in [0.3, 0.4) is 0 Å². The number of benzene rings is 2. The first-order valence-corrected chi connectivity index (χ1v) is 6.91. The van der Waals surface area contributed by atoms with Crippen molar-refractivity contribution in [3.63, 3.8) is 0 Å². The van der Waals surface area contributed by atoms with E-state index in [9.17, 15) is 23.3 Å². The Bertz CT molecular complexity index is 781. The van der Waals surface area contributed by atoms with Gasteiger partial charge in [-0.05, 0) is 12.1 Å². The van der Waals surface area contributed by atoms with Gasteiger partial charge in [-0.15, -0.1) is 0 Å². The zero-order chi connectivity index (χ0) is 17.4. The third-order valence-electron chi connectivity index (χ3n) is 2.67. The van der Waals surface area contributed by atoms with Crippen molar-refractivity contribution in [2.24, 2.45) is 0 Å². The summed E-state index contributed by atoms with van der Waals surface area (Å²) in [6.07, 6.45) is -4.86. The molecule has 0 heterocycles. The Hall–Kier alpha value is -1.70. The van der Waals surface area contributed by atoms with Crippen molar-refractivity contribution in [1.82, 2.24) is 0 Å². The van der Waals surface area contributed by atoms with Gasteiger partial charge in [0.1, 0.15) is 17.1 Å². The van der Waals surface area contributed by atoms with E-state index in [0.717, 1.165) is 18.2 Å². The smallest absolute Gasteiger partial charge is 0.420 e. The molecule has 0 radical (unpaired) electrons. The second kappa shape index (κ2) is 6.43. The highest BCUT2D eigenvalue weighted by molar-refractivity contribution is 6.43. The van der Waals surface area contributed by atoms with E-state index in [1.807, 2.05) is 0 Å². The van der Waals surface area contributed by atoms with Gasteiger partial charge in [0, 0.05) is 18.2 Å². The molecule has 0 aromatic heterocycles. The number of hydrogen-bond donors (Lipinski definition) is 0. The number of halogens is 6. The van der Waals surface area contributed by atoms with Gasteiger partial charge in [0.15, 0.2) is 0 Å². The van der Waals surface area contributed by atoms with Crippen LogP contribution in [-0.4, -0.2) is 4.92 Å². The number of nitro benzene ring substituents is 1. The molecular weight excluding hydrogens is 382 g/mol. The number of nitro groups is 1. The molecule has 0 atom stereocenters. The Kier molecular flexibility index (Phi) is 4.93. The van der Waals surface area contributed by atoms with Crippen LogP contribution in [-0.2, 0) is 6.18 Å². The SMILES string of the molecule is O=[N+]([O-])c1ccc(Oc2cc(Cl)c(Cl)cc2Cl)c(C(F)(F)F)c1. The molecule has 23 heavy (non-hydrogen) atoms. The third-order valence-corrected chi connectivity index (χ3v) is 3.69. The number of hydrogen-bond acceptors (Lipinski definition) is 3. The summed E-state index contributed by atoms with van der Waals surface area (Å²) in [4.78, 5) is 9.69. The van der Waals surface area contributed by atoms with Crippen molar-refractivity contribution in [1.29, 1.82) is 0 Å². The molecule has 0 unspecified atom stereocenters. The second-order valence-electron chi connectivity index (χ2n) is 4.23. The molecule has 0 aliphatic carbocycles. The van der Waals surface area contributed by atoms with E-state index in [0.29, 0.717) is 6.07 Å². The van der Waals surface area contributed by atoms with Crippen molar-refractivity contribution in [3.8, 4) is 11.5 Å². The van der Waals surface area contributed by atoms with Gasteiger partial charge >= 0.3 is 6.18 Å². The molecule has 10 heteroatoms. The normalized spacial score (nSPS) is 11.4. The molecule has 2 aromatic carbocycles. The van der Waals surface area contributed by atoms with Gasteiger partial charge in [0.05, 0.1) is 20.0 Å². The quantitative estimate of drug-likeness (QED) is 0.350. The van der Waals surface area contributed by atoms with Crippen molar-refractivity contribution in [2.75, 3.05) is 0 Å². The van der Waals surface area contributed by atoms with Crippen LogP contribution in [0.25, 0.3) is 0 Å². The lowest BCUT2D eigenvalue weighted by Gasteiger charge is -2.14. The maximum Gasteiger partial charge on any atom is 0.420 e. The fourth-order valence-electron chi connectivity index (χ4n) is 1.64. The predicted octanol–water partition coefficient (Wildman–Crippen LogP) is 6.37. The van der Waals surface area contributed by atoms with E-state index in [1.165, 1.54) is 6.07 Å². The predicted molar refractivity (Wildman–Crippen MR) is 79.6 cm³/mol. The lowest BCUT2D eigenvalue weighted by atomic mass is 10.1. The van der Waals surface area contributed by atoms with Crippen LogP contribution in [0.2, 0.25) is 15.1 Å². The Morgan fingerprint density at radius 2 is 1.57 bits per heavy atom. The molecule has 0 saturated carbocycles. The average Bonchev–Trinajstić information content (AvgIpc) is 2.43. The first kappa shape index (κ1) is 17.7. The molecule has 0 aliphatic rings. The van der Waals surface area contributed by atoms with E-state index in [1.54, 1.807) is 0 Å². The molecule has 2 rings (SSSR count). The van der Waals surface area contributed by atoms with Gasteiger partial charge in [-0.1, -0.05) is 34.8 Å². The summed E-state index contributed by atoms with van der Waals surface area (Å²) in [5.74, 6) is -0.816. The standard InChI is InChI=1S/C13H5Cl3F3NO3/c14-8-4-10(16)12(5-9(8)15)23-11-2-1-6(20(21)22)3-7(11)13(17,18)19/h1-5H. The van der Waals surface area contributed by atoms with Crippen LogP contribution in [0, 0.1) is 10.1 Å². The van der Waals surface area contributed by atoms with Crippen LogP contribution < -0.4 is 4.74 Å². The lowest BCUT2D eigenvalue weighted by Crippen LogP contribution is -2.08. The minimum atomic E-state index is -4.86. The maximum absolute atomic E-state index is 13.1. The van der Waals surface area contributed by atoms with Gasteiger partial charge in [0.2, 0.25) is 0 Å². The monoisotopic (exact) mass is 385 g/mol. The zero-order valence-electron chi connectivity index (χ0n) is 10.8. The van der Waals surface area contributed by atoms with Gasteiger partial charge in [-0.2, -0.15) is 13.2 Å². The molecule has 0 saturated heterocycles. The number of ether oxygens (including phenoxy) is 1. The number of alkyl halides is 3. The van der Waals surface area contributed by atoms with Crippen LogP contribution in [0.15, 0.2) is 30.3 Å². The summed E-state index contributed by atoms with van der Waals surface area (Å²) in [6, 6.07) is 4.45. The van der Waals surface area contributed by atoms with Gasteiger partial charge in [0.25, 0.3) is 5.69 Å². The molecule has 0 bridgehead atoms. The minimum Gasteiger partial charge on any atom is -0.455 e. The first-order chi connectivity index (χ1) is 10.6.